The standard InChI is InChI=1S/C26H20ClNO3/c27-20-11-16-25(30-18-19-7-3-1-4-8-19)24(17-20)26(29)28-21-12-14-23(15-13-21)31-22-9-5-2-6-10-22/h1-17H,18H2,(H,28,29). The molecule has 0 fully saturated rings. The Kier molecular flexibility index (Phi) is 6.50. The largest absolute Gasteiger partial charge is 0.488 e. The van der Waals surface area contributed by atoms with Gasteiger partial charge in [0.1, 0.15) is 23.9 Å². The third kappa shape index (κ3) is 5.65. The van der Waals surface area contributed by atoms with Gasteiger partial charge in [-0.3, -0.25) is 4.79 Å². The molecule has 0 aliphatic rings. The fraction of sp³-hybridized carbons (Fsp3) is 0.0385. The van der Waals surface area contributed by atoms with Gasteiger partial charge < -0.3 is 14.8 Å². The first-order valence-electron chi connectivity index (χ1n) is 9.78. The fourth-order valence-electron chi connectivity index (χ4n) is 2.97. The summed E-state index contributed by atoms with van der Waals surface area (Å²) in [7, 11) is 0. The Morgan fingerprint density at radius 3 is 2.13 bits per heavy atom. The smallest absolute Gasteiger partial charge is 0.259 e. The minimum Gasteiger partial charge on any atom is -0.488 e. The Morgan fingerprint density at radius 2 is 1.42 bits per heavy atom. The maximum absolute atomic E-state index is 12.9. The lowest BCUT2D eigenvalue weighted by molar-refractivity contribution is 0.102. The minimum atomic E-state index is -0.303. The van der Waals surface area contributed by atoms with Gasteiger partial charge in [-0.1, -0.05) is 60.1 Å². The van der Waals surface area contributed by atoms with E-state index in [2.05, 4.69) is 5.32 Å². The van der Waals surface area contributed by atoms with Crippen molar-refractivity contribution in [2.75, 3.05) is 5.32 Å². The quantitative estimate of drug-likeness (QED) is 0.345. The molecule has 0 radical (unpaired) electrons. The highest BCUT2D eigenvalue weighted by Gasteiger charge is 2.14. The first kappa shape index (κ1) is 20.5. The van der Waals surface area contributed by atoms with Gasteiger partial charge in [0, 0.05) is 10.7 Å². The highest BCUT2D eigenvalue weighted by Crippen LogP contribution is 2.26. The average molecular weight is 430 g/mol. The molecule has 0 aliphatic heterocycles. The monoisotopic (exact) mass is 429 g/mol. The Morgan fingerprint density at radius 1 is 0.774 bits per heavy atom. The van der Waals surface area contributed by atoms with E-state index in [0.717, 1.165) is 11.3 Å². The lowest BCUT2D eigenvalue weighted by Gasteiger charge is -2.13. The summed E-state index contributed by atoms with van der Waals surface area (Å²) in [5.41, 5.74) is 2.02. The van der Waals surface area contributed by atoms with Crippen molar-refractivity contribution in [1.29, 1.82) is 0 Å². The van der Waals surface area contributed by atoms with E-state index in [-0.39, 0.29) is 5.91 Å². The molecule has 4 nitrogen and oxygen atoms in total. The minimum absolute atomic E-state index is 0.303. The van der Waals surface area contributed by atoms with E-state index in [0.29, 0.717) is 34.4 Å². The van der Waals surface area contributed by atoms with Gasteiger partial charge >= 0.3 is 0 Å². The van der Waals surface area contributed by atoms with Crippen LogP contribution in [0.1, 0.15) is 15.9 Å². The second-order valence-electron chi connectivity index (χ2n) is 6.81. The average Bonchev–Trinajstić information content (AvgIpc) is 2.81. The molecule has 0 saturated heterocycles. The normalized spacial score (nSPS) is 10.4. The van der Waals surface area contributed by atoms with Gasteiger partial charge in [0.25, 0.3) is 5.91 Å². The molecule has 1 amide bonds. The molecule has 0 aliphatic carbocycles. The van der Waals surface area contributed by atoms with Crippen LogP contribution in [-0.4, -0.2) is 5.91 Å². The van der Waals surface area contributed by atoms with E-state index in [1.807, 2.05) is 60.7 Å². The molecule has 0 unspecified atom stereocenters. The lowest BCUT2D eigenvalue weighted by atomic mass is 10.1. The number of hydrogen-bond acceptors (Lipinski definition) is 3. The summed E-state index contributed by atoms with van der Waals surface area (Å²) >= 11 is 6.13. The van der Waals surface area contributed by atoms with Gasteiger partial charge in [0.15, 0.2) is 0 Å². The molecule has 0 atom stereocenters. The summed E-state index contributed by atoms with van der Waals surface area (Å²) in [5.74, 6) is 1.59. The molecule has 4 rings (SSSR count). The molecule has 4 aromatic carbocycles. The predicted octanol–water partition coefficient (Wildman–Crippen LogP) is 6.96. The number of nitrogens with one attached hydrogen (secondary N) is 1. The molecule has 154 valence electrons. The van der Waals surface area contributed by atoms with Crippen LogP contribution in [0.25, 0.3) is 0 Å². The van der Waals surface area contributed by atoms with Crippen LogP contribution in [0.5, 0.6) is 17.2 Å². The van der Waals surface area contributed by atoms with E-state index in [1.165, 1.54) is 0 Å². The number of rotatable bonds is 7. The Balaban J connectivity index is 1.44. The summed E-state index contributed by atoms with van der Waals surface area (Å²) in [4.78, 5) is 12.9. The Hall–Kier alpha value is -3.76. The number of carbonyl (C=O) groups is 1. The van der Waals surface area contributed by atoms with E-state index < -0.39 is 0 Å². The third-order valence-electron chi connectivity index (χ3n) is 4.51. The van der Waals surface area contributed by atoms with Crippen LogP contribution < -0.4 is 14.8 Å². The van der Waals surface area contributed by atoms with Crippen LogP contribution in [0, 0.1) is 0 Å². The van der Waals surface area contributed by atoms with E-state index in [1.54, 1.807) is 42.5 Å². The molecule has 4 aromatic rings. The SMILES string of the molecule is O=C(Nc1ccc(Oc2ccccc2)cc1)c1cc(Cl)ccc1OCc1ccccc1. The van der Waals surface area contributed by atoms with Crippen molar-refractivity contribution in [3.63, 3.8) is 0 Å². The van der Waals surface area contributed by atoms with Crippen LogP contribution in [0.2, 0.25) is 5.02 Å². The number of amides is 1. The molecule has 31 heavy (non-hydrogen) atoms. The van der Waals surface area contributed by atoms with Crippen molar-refractivity contribution in [3.8, 4) is 17.2 Å². The molecule has 1 N–H and O–H groups in total. The number of benzene rings is 4. The molecular formula is C26H20ClNO3. The van der Waals surface area contributed by atoms with Crippen LogP contribution in [0.15, 0.2) is 103 Å². The maximum atomic E-state index is 12.9. The van der Waals surface area contributed by atoms with Crippen molar-refractivity contribution >= 4 is 23.2 Å². The van der Waals surface area contributed by atoms with Crippen LogP contribution in [0.3, 0.4) is 0 Å². The molecule has 0 heterocycles. The molecule has 0 bridgehead atoms. The zero-order chi connectivity index (χ0) is 21.5. The summed E-state index contributed by atoms with van der Waals surface area (Å²) < 4.78 is 11.7. The van der Waals surface area contributed by atoms with E-state index in [9.17, 15) is 4.79 Å². The summed E-state index contributed by atoms with van der Waals surface area (Å²) in [6.45, 7) is 0.355. The Bertz CT molecular complexity index is 1150. The van der Waals surface area contributed by atoms with E-state index >= 15 is 0 Å². The zero-order valence-corrected chi connectivity index (χ0v) is 17.4. The van der Waals surface area contributed by atoms with Gasteiger partial charge in [0.2, 0.25) is 0 Å². The maximum Gasteiger partial charge on any atom is 0.259 e. The van der Waals surface area contributed by atoms with Gasteiger partial charge in [-0.2, -0.15) is 0 Å². The van der Waals surface area contributed by atoms with Crippen molar-refractivity contribution in [2.24, 2.45) is 0 Å². The van der Waals surface area contributed by atoms with Crippen LogP contribution >= 0.6 is 11.6 Å². The second kappa shape index (κ2) is 9.83. The van der Waals surface area contributed by atoms with Crippen molar-refractivity contribution in [3.05, 3.63) is 119 Å². The number of anilines is 1. The Labute approximate surface area is 186 Å². The zero-order valence-electron chi connectivity index (χ0n) is 16.6. The first-order valence-corrected chi connectivity index (χ1v) is 10.2. The second-order valence-corrected chi connectivity index (χ2v) is 7.24. The topological polar surface area (TPSA) is 47.6 Å². The van der Waals surface area contributed by atoms with Crippen LogP contribution in [0.4, 0.5) is 5.69 Å². The molecule has 0 aromatic heterocycles. The first-order chi connectivity index (χ1) is 15.2. The van der Waals surface area contributed by atoms with Gasteiger partial charge in [-0.05, 0) is 60.2 Å². The van der Waals surface area contributed by atoms with Crippen LogP contribution in [-0.2, 0) is 6.61 Å². The molecule has 0 spiro atoms. The number of para-hydroxylation sites is 1. The predicted molar refractivity (Wildman–Crippen MR) is 123 cm³/mol. The third-order valence-corrected chi connectivity index (χ3v) is 4.75. The molecule has 0 saturated carbocycles. The molecule has 5 heteroatoms. The summed E-state index contributed by atoms with van der Waals surface area (Å²) in [6, 6.07) is 31.4. The summed E-state index contributed by atoms with van der Waals surface area (Å²) in [5, 5.41) is 3.34. The molecular weight excluding hydrogens is 410 g/mol. The number of carbonyl (C=O) groups excluding carboxylic acids is 1. The fourth-order valence-corrected chi connectivity index (χ4v) is 3.14. The van der Waals surface area contributed by atoms with Crippen molar-refractivity contribution in [2.45, 2.75) is 6.61 Å². The van der Waals surface area contributed by atoms with Crippen molar-refractivity contribution < 1.29 is 14.3 Å². The lowest BCUT2D eigenvalue weighted by Crippen LogP contribution is -2.13. The van der Waals surface area contributed by atoms with E-state index in [4.69, 9.17) is 21.1 Å². The highest BCUT2D eigenvalue weighted by molar-refractivity contribution is 6.31. The number of ether oxygens (including phenoxy) is 2. The van der Waals surface area contributed by atoms with Gasteiger partial charge in [-0.25, -0.2) is 0 Å². The van der Waals surface area contributed by atoms with Gasteiger partial charge in [0.05, 0.1) is 5.56 Å². The van der Waals surface area contributed by atoms with Gasteiger partial charge in [-0.15, -0.1) is 0 Å². The number of hydrogen-bond donors (Lipinski definition) is 1. The highest BCUT2D eigenvalue weighted by atomic mass is 35.5. The van der Waals surface area contributed by atoms with Crippen molar-refractivity contribution in [1.82, 2.24) is 0 Å². The number of halogens is 1. The summed E-state index contributed by atoms with van der Waals surface area (Å²) in [6.07, 6.45) is 0.